The zero-order valence-electron chi connectivity index (χ0n) is 11.5. The molecule has 1 heterocycles. The van der Waals surface area contributed by atoms with Crippen molar-refractivity contribution in [3.8, 4) is 0 Å². The molecule has 2 rings (SSSR count). The minimum Gasteiger partial charge on any atom is -0.352 e. The largest absolute Gasteiger partial charge is 0.352 e. The van der Waals surface area contributed by atoms with Crippen LogP contribution in [-0.2, 0) is 11.2 Å². The maximum atomic E-state index is 11.1. The van der Waals surface area contributed by atoms with Gasteiger partial charge in [0.1, 0.15) is 0 Å². The van der Waals surface area contributed by atoms with Crippen molar-refractivity contribution in [1.82, 2.24) is 10.3 Å². The molecular formula is C15H20N2O. The van der Waals surface area contributed by atoms with E-state index in [0.717, 1.165) is 6.42 Å². The van der Waals surface area contributed by atoms with Gasteiger partial charge in [0.15, 0.2) is 0 Å². The molecule has 0 aromatic carbocycles. The van der Waals surface area contributed by atoms with E-state index in [-0.39, 0.29) is 11.3 Å². The number of aromatic nitrogens is 1. The van der Waals surface area contributed by atoms with Gasteiger partial charge in [0.05, 0.1) is 0 Å². The summed E-state index contributed by atoms with van der Waals surface area (Å²) in [6, 6.07) is 2.05. The summed E-state index contributed by atoms with van der Waals surface area (Å²) in [6.45, 7) is 8.82. The topological polar surface area (TPSA) is 42.0 Å². The molecule has 0 saturated heterocycles. The lowest BCUT2D eigenvalue weighted by molar-refractivity contribution is -0.118. The molecule has 0 spiro atoms. The first-order valence-corrected chi connectivity index (χ1v) is 6.30. The Morgan fingerprint density at radius 2 is 2.17 bits per heavy atom. The summed E-state index contributed by atoms with van der Waals surface area (Å²) in [6.07, 6.45) is 4.70. The van der Waals surface area contributed by atoms with Gasteiger partial charge in [-0.3, -0.25) is 9.78 Å². The first-order valence-electron chi connectivity index (χ1n) is 6.30. The number of carbonyl (C=O) groups is 1. The van der Waals surface area contributed by atoms with Crippen molar-refractivity contribution in [2.45, 2.75) is 34.1 Å². The third-order valence-corrected chi connectivity index (χ3v) is 3.38. The summed E-state index contributed by atoms with van der Waals surface area (Å²) < 4.78 is 0. The molecule has 0 aliphatic heterocycles. The molecule has 1 aromatic heterocycles. The molecule has 0 bridgehead atoms. The van der Waals surface area contributed by atoms with E-state index in [1.54, 1.807) is 6.92 Å². The highest BCUT2D eigenvalue weighted by Gasteiger charge is 2.28. The minimum absolute atomic E-state index is 0.0123. The number of pyridine rings is 1. The molecule has 1 amide bonds. The molecule has 1 aromatic rings. The van der Waals surface area contributed by atoms with Crippen LogP contribution >= 0.6 is 0 Å². The van der Waals surface area contributed by atoms with Crippen LogP contribution in [0, 0.1) is 5.41 Å². The SMILES string of the molecule is CC(=O)NCC1=C(C(C)(C)C)Cc2cnccc21. The van der Waals surface area contributed by atoms with Gasteiger partial charge >= 0.3 is 0 Å². The molecule has 3 heteroatoms. The molecule has 1 N–H and O–H groups in total. The first kappa shape index (κ1) is 12.8. The van der Waals surface area contributed by atoms with E-state index in [9.17, 15) is 4.79 Å². The first-order chi connectivity index (χ1) is 8.39. The fourth-order valence-electron chi connectivity index (χ4n) is 2.45. The van der Waals surface area contributed by atoms with Gasteiger partial charge in [0, 0.05) is 25.9 Å². The number of rotatable bonds is 2. The Morgan fingerprint density at radius 3 is 2.78 bits per heavy atom. The molecule has 0 atom stereocenters. The Kier molecular flexibility index (Phi) is 3.24. The molecular weight excluding hydrogens is 224 g/mol. The van der Waals surface area contributed by atoms with Crippen molar-refractivity contribution in [1.29, 1.82) is 0 Å². The standard InChI is InChI=1S/C15H20N2O/c1-10(18)17-9-13-12-5-6-16-8-11(12)7-14(13)15(2,3)4/h5-6,8H,7,9H2,1-4H3,(H,17,18). The molecule has 1 aliphatic carbocycles. The van der Waals surface area contributed by atoms with Crippen LogP contribution in [0.25, 0.3) is 5.57 Å². The fraction of sp³-hybridized carbons (Fsp3) is 0.467. The lowest BCUT2D eigenvalue weighted by Crippen LogP contribution is -2.23. The highest BCUT2D eigenvalue weighted by Crippen LogP contribution is 2.41. The molecule has 0 fully saturated rings. The lowest BCUT2D eigenvalue weighted by Gasteiger charge is -2.23. The van der Waals surface area contributed by atoms with E-state index < -0.39 is 0 Å². The van der Waals surface area contributed by atoms with Crippen LogP contribution in [0.4, 0.5) is 0 Å². The van der Waals surface area contributed by atoms with Crippen molar-refractivity contribution in [2.75, 3.05) is 6.54 Å². The fourth-order valence-corrected chi connectivity index (χ4v) is 2.45. The number of carbonyl (C=O) groups excluding carboxylic acids is 1. The van der Waals surface area contributed by atoms with Gasteiger partial charge in [0.25, 0.3) is 0 Å². The van der Waals surface area contributed by atoms with Crippen LogP contribution in [0.1, 0.15) is 38.8 Å². The molecule has 96 valence electrons. The van der Waals surface area contributed by atoms with Gasteiger partial charge in [-0.25, -0.2) is 0 Å². The van der Waals surface area contributed by atoms with Gasteiger partial charge in [-0.1, -0.05) is 26.3 Å². The van der Waals surface area contributed by atoms with E-state index in [0.29, 0.717) is 6.54 Å². The number of allylic oxidation sites excluding steroid dienone is 1. The maximum Gasteiger partial charge on any atom is 0.217 e. The number of nitrogens with one attached hydrogen (secondary N) is 1. The Morgan fingerprint density at radius 1 is 1.44 bits per heavy atom. The Balaban J connectivity index is 2.40. The summed E-state index contributed by atoms with van der Waals surface area (Å²) in [5.41, 5.74) is 5.29. The van der Waals surface area contributed by atoms with Crippen LogP contribution in [0.2, 0.25) is 0 Å². The lowest BCUT2D eigenvalue weighted by atomic mass is 9.83. The van der Waals surface area contributed by atoms with Crippen molar-refractivity contribution in [3.63, 3.8) is 0 Å². The highest BCUT2D eigenvalue weighted by atomic mass is 16.1. The van der Waals surface area contributed by atoms with Gasteiger partial charge in [0.2, 0.25) is 5.91 Å². The van der Waals surface area contributed by atoms with Crippen molar-refractivity contribution in [2.24, 2.45) is 5.41 Å². The van der Waals surface area contributed by atoms with Crippen LogP contribution in [-0.4, -0.2) is 17.4 Å². The summed E-state index contributed by atoms with van der Waals surface area (Å²) in [5, 5.41) is 2.91. The van der Waals surface area contributed by atoms with E-state index in [1.165, 1.54) is 22.3 Å². The van der Waals surface area contributed by atoms with Crippen LogP contribution < -0.4 is 5.32 Å². The van der Waals surface area contributed by atoms with Crippen LogP contribution in [0.5, 0.6) is 0 Å². The summed E-state index contributed by atoms with van der Waals surface area (Å²) >= 11 is 0. The average Bonchev–Trinajstić information content (AvgIpc) is 2.64. The zero-order valence-corrected chi connectivity index (χ0v) is 11.5. The second kappa shape index (κ2) is 4.56. The molecule has 0 radical (unpaired) electrons. The van der Waals surface area contributed by atoms with Gasteiger partial charge in [-0.05, 0) is 34.6 Å². The van der Waals surface area contributed by atoms with Crippen LogP contribution in [0.3, 0.4) is 0 Å². The summed E-state index contributed by atoms with van der Waals surface area (Å²) in [5.74, 6) is 0.0123. The Bertz CT molecular complexity index is 509. The van der Waals surface area contributed by atoms with E-state index >= 15 is 0 Å². The highest BCUT2D eigenvalue weighted by molar-refractivity contribution is 5.81. The second-order valence-electron chi connectivity index (χ2n) is 5.83. The van der Waals surface area contributed by atoms with Gasteiger partial charge < -0.3 is 5.32 Å². The van der Waals surface area contributed by atoms with Crippen molar-refractivity contribution >= 4 is 11.5 Å². The Labute approximate surface area is 108 Å². The molecule has 0 unspecified atom stereocenters. The molecule has 0 saturated carbocycles. The molecule has 1 aliphatic rings. The smallest absolute Gasteiger partial charge is 0.217 e. The summed E-state index contributed by atoms with van der Waals surface area (Å²) in [7, 11) is 0. The molecule has 3 nitrogen and oxygen atoms in total. The predicted molar refractivity (Wildman–Crippen MR) is 73.0 cm³/mol. The Hall–Kier alpha value is -1.64. The van der Waals surface area contributed by atoms with Gasteiger partial charge in [-0.2, -0.15) is 0 Å². The number of hydrogen-bond donors (Lipinski definition) is 1. The monoisotopic (exact) mass is 244 g/mol. The summed E-state index contributed by atoms with van der Waals surface area (Å²) in [4.78, 5) is 15.3. The average molecular weight is 244 g/mol. The van der Waals surface area contributed by atoms with E-state index in [1.807, 2.05) is 18.5 Å². The number of nitrogens with zero attached hydrogens (tertiary/aromatic N) is 1. The number of fused-ring (bicyclic) bond motifs is 1. The third kappa shape index (κ3) is 2.45. The normalized spacial score (nSPS) is 14.7. The van der Waals surface area contributed by atoms with E-state index in [4.69, 9.17) is 0 Å². The maximum absolute atomic E-state index is 11.1. The van der Waals surface area contributed by atoms with Crippen molar-refractivity contribution < 1.29 is 4.79 Å². The predicted octanol–water partition coefficient (Wildman–Crippen LogP) is 2.57. The molecule has 18 heavy (non-hydrogen) atoms. The van der Waals surface area contributed by atoms with E-state index in [2.05, 4.69) is 31.1 Å². The van der Waals surface area contributed by atoms with Gasteiger partial charge in [-0.15, -0.1) is 0 Å². The zero-order chi connectivity index (χ0) is 13.3. The number of hydrogen-bond acceptors (Lipinski definition) is 2. The minimum atomic E-state index is 0.0123. The number of amides is 1. The van der Waals surface area contributed by atoms with Crippen LogP contribution in [0.15, 0.2) is 24.0 Å². The third-order valence-electron chi connectivity index (χ3n) is 3.38. The quantitative estimate of drug-likeness (QED) is 0.868. The van der Waals surface area contributed by atoms with Crippen molar-refractivity contribution in [3.05, 3.63) is 35.2 Å². The second-order valence-corrected chi connectivity index (χ2v) is 5.83.